The van der Waals surface area contributed by atoms with Gasteiger partial charge in [-0.05, 0) is 47.4 Å². The van der Waals surface area contributed by atoms with E-state index in [0.717, 1.165) is 11.5 Å². The fourth-order valence-electron chi connectivity index (χ4n) is 2.72. The van der Waals surface area contributed by atoms with E-state index >= 15 is 0 Å². The number of allylic oxidation sites excluding steroid dienone is 4. The maximum Gasteiger partial charge on any atom is 0.0991 e. The Morgan fingerprint density at radius 2 is 1.95 bits per heavy atom. The zero-order valence-electron chi connectivity index (χ0n) is 12.6. The Labute approximate surface area is 122 Å². The van der Waals surface area contributed by atoms with Gasteiger partial charge in [0.25, 0.3) is 0 Å². The highest BCUT2D eigenvalue weighted by atomic mass is 14.2. The van der Waals surface area contributed by atoms with Crippen LogP contribution < -0.4 is 0 Å². The van der Waals surface area contributed by atoms with E-state index in [-0.39, 0.29) is 0 Å². The van der Waals surface area contributed by atoms with Crippen LogP contribution >= 0.6 is 0 Å². The van der Waals surface area contributed by atoms with Crippen molar-refractivity contribution in [3.8, 4) is 6.07 Å². The minimum atomic E-state index is 0.583. The summed E-state index contributed by atoms with van der Waals surface area (Å²) in [6, 6.07) is 10.0. The molecule has 0 radical (unpaired) electrons. The van der Waals surface area contributed by atoms with E-state index in [9.17, 15) is 0 Å². The smallest absolute Gasteiger partial charge is 0.0991 e. The predicted octanol–water partition coefficient (Wildman–Crippen LogP) is 5.20. The van der Waals surface area contributed by atoms with Gasteiger partial charge in [0.15, 0.2) is 0 Å². The second-order valence-corrected chi connectivity index (χ2v) is 5.94. The van der Waals surface area contributed by atoms with Gasteiger partial charge in [-0.3, -0.25) is 0 Å². The van der Waals surface area contributed by atoms with E-state index in [1.807, 2.05) is 24.3 Å². The molecule has 0 amide bonds. The first-order valence-electron chi connectivity index (χ1n) is 7.54. The van der Waals surface area contributed by atoms with E-state index in [1.165, 1.54) is 24.0 Å². The third-order valence-electron chi connectivity index (χ3n) is 4.36. The van der Waals surface area contributed by atoms with Crippen molar-refractivity contribution in [1.29, 1.82) is 5.26 Å². The standard InChI is InChI=1S/C19H23N/c1-4-14(2)11-18-9-10-19(12-15(18)3)17-7-5-16(13-20)6-8-17/h5-10,12,14-15,18H,4,11H2,1-3H3. The Hall–Kier alpha value is -1.81. The van der Waals surface area contributed by atoms with Crippen LogP contribution in [0.2, 0.25) is 0 Å². The third kappa shape index (κ3) is 3.39. The molecule has 0 heterocycles. The van der Waals surface area contributed by atoms with Crippen LogP contribution in [-0.2, 0) is 0 Å². The van der Waals surface area contributed by atoms with E-state index < -0.39 is 0 Å². The molecule has 0 bridgehead atoms. The minimum Gasteiger partial charge on any atom is -0.192 e. The van der Waals surface area contributed by atoms with Gasteiger partial charge in [-0.15, -0.1) is 0 Å². The van der Waals surface area contributed by atoms with E-state index in [2.05, 4.69) is 45.1 Å². The summed E-state index contributed by atoms with van der Waals surface area (Å²) in [5.41, 5.74) is 3.20. The zero-order valence-corrected chi connectivity index (χ0v) is 12.6. The summed E-state index contributed by atoms with van der Waals surface area (Å²) in [7, 11) is 0. The highest BCUT2D eigenvalue weighted by Crippen LogP contribution is 2.32. The molecule has 0 aromatic heterocycles. The normalized spacial score (nSPS) is 23.0. The molecule has 1 aromatic rings. The summed E-state index contributed by atoms with van der Waals surface area (Å²) in [5, 5.41) is 8.84. The Morgan fingerprint density at radius 3 is 2.50 bits per heavy atom. The van der Waals surface area contributed by atoms with Crippen molar-refractivity contribution in [2.24, 2.45) is 17.8 Å². The van der Waals surface area contributed by atoms with Gasteiger partial charge >= 0.3 is 0 Å². The Bertz CT molecular complexity index is 542. The fourth-order valence-corrected chi connectivity index (χ4v) is 2.72. The van der Waals surface area contributed by atoms with Crippen molar-refractivity contribution in [3.05, 3.63) is 53.6 Å². The maximum atomic E-state index is 8.84. The van der Waals surface area contributed by atoms with Gasteiger partial charge in [0.2, 0.25) is 0 Å². The van der Waals surface area contributed by atoms with Crippen molar-refractivity contribution in [2.45, 2.75) is 33.6 Å². The maximum absolute atomic E-state index is 8.84. The topological polar surface area (TPSA) is 23.8 Å². The number of hydrogen-bond donors (Lipinski definition) is 0. The predicted molar refractivity (Wildman–Crippen MR) is 85.0 cm³/mol. The Kier molecular flexibility index (Phi) is 4.79. The van der Waals surface area contributed by atoms with Crippen LogP contribution in [0.5, 0.6) is 0 Å². The molecule has 0 saturated carbocycles. The van der Waals surface area contributed by atoms with Crippen LogP contribution in [0, 0.1) is 29.1 Å². The van der Waals surface area contributed by atoms with Gasteiger partial charge in [-0.25, -0.2) is 0 Å². The first-order chi connectivity index (χ1) is 9.63. The van der Waals surface area contributed by atoms with Crippen LogP contribution in [0.3, 0.4) is 0 Å². The van der Waals surface area contributed by atoms with Crippen molar-refractivity contribution in [3.63, 3.8) is 0 Å². The molecule has 1 nitrogen and oxygen atoms in total. The van der Waals surface area contributed by atoms with Crippen molar-refractivity contribution >= 4 is 5.57 Å². The van der Waals surface area contributed by atoms with Crippen LogP contribution in [0.15, 0.2) is 42.5 Å². The van der Waals surface area contributed by atoms with Gasteiger partial charge < -0.3 is 0 Å². The van der Waals surface area contributed by atoms with Gasteiger partial charge in [0, 0.05) is 0 Å². The number of nitrogens with zero attached hydrogens (tertiary/aromatic N) is 1. The molecule has 0 N–H and O–H groups in total. The summed E-state index contributed by atoms with van der Waals surface area (Å²) in [6.07, 6.45) is 9.50. The average molecular weight is 265 g/mol. The molecular weight excluding hydrogens is 242 g/mol. The summed E-state index contributed by atoms with van der Waals surface area (Å²) < 4.78 is 0. The summed E-state index contributed by atoms with van der Waals surface area (Å²) in [5.74, 6) is 2.03. The lowest BCUT2D eigenvalue weighted by molar-refractivity contribution is 0.380. The number of rotatable bonds is 4. The second kappa shape index (κ2) is 6.57. The van der Waals surface area contributed by atoms with Crippen LogP contribution in [-0.4, -0.2) is 0 Å². The van der Waals surface area contributed by atoms with Gasteiger partial charge in [0.1, 0.15) is 0 Å². The first kappa shape index (κ1) is 14.6. The molecule has 3 unspecified atom stereocenters. The van der Waals surface area contributed by atoms with Crippen molar-refractivity contribution in [2.75, 3.05) is 0 Å². The molecule has 3 atom stereocenters. The molecule has 0 saturated heterocycles. The zero-order chi connectivity index (χ0) is 14.5. The van der Waals surface area contributed by atoms with E-state index in [0.29, 0.717) is 11.8 Å². The fraction of sp³-hybridized carbons (Fsp3) is 0.421. The number of benzene rings is 1. The van der Waals surface area contributed by atoms with Gasteiger partial charge in [-0.1, -0.05) is 57.6 Å². The molecule has 0 spiro atoms. The molecule has 1 heteroatoms. The quantitative estimate of drug-likeness (QED) is 0.734. The van der Waals surface area contributed by atoms with Gasteiger partial charge in [-0.2, -0.15) is 5.26 Å². The lowest BCUT2D eigenvalue weighted by atomic mass is 9.80. The summed E-state index contributed by atoms with van der Waals surface area (Å²) in [4.78, 5) is 0. The summed E-state index contributed by atoms with van der Waals surface area (Å²) >= 11 is 0. The largest absolute Gasteiger partial charge is 0.192 e. The lowest BCUT2D eigenvalue weighted by Crippen LogP contribution is -2.14. The van der Waals surface area contributed by atoms with Crippen LogP contribution in [0.25, 0.3) is 5.57 Å². The third-order valence-corrected chi connectivity index (χ3v) is 4.36. The minimum absolute atomic E-state index is 0.583. The highest BCUT2D eigenvalue weighted by molar-refractivity contribution is 5.75. The molecule has 20 heavy (non-hydrogen) atoms. The van der Waals surface area contributed by atoms with E-state index in [1.54, 1.807) is 0 Å². The van der Waals surface area contributed by atoms with Crippen molar-refractivity contribution < 1.29 is 0 Å². The molecule has 1 aliphatic carbocycles. The monoisotopic (exact) mass is 265 g/mol. The van der Waals surface area contributed by atoms with Crippen LogP contribution in [0.1, 0.15) is 44.7 Å². The lowest BCUT2D eigenvalue weighted by Gasteiger charge is -2.25. The molecule has 1 aromatic carbocycles. The van der Waals surface area contributed by atoms with Crippen LogP contribution in [0.4, 0.5) is 0 Å². The molecular formula is C19H23N. The molecule has 0 aliphatic heterocycles. The average Bonchev–Trinajstić information content (AvgIpc) is 2.49. The first-order valence-corrected chi connectivity index (χ1v) is 7.54. The molecule has 0 fully saturated rings. The highest BCUT2D eigenvalue weighted by Gasteiger charge is 2.19. The Morgan fingerprint density at radius 1 is 1.25 bits per heavy atom. The van der Waals surface area contributed by atoms with Crippen molar-refractivity contribution in [1.82, 2.24) is 0 Å². The molecule has 104 valence electrons. The van der Waals surface area contributed by atoms with E-state index in [4.69, 9.17) is 5.26 Å². The molecule has 1 aliphatic rings. The second-order valence-electron chi connectivity index (χ2n) is 5.94. The summed E-state index contributed by atoms with van der Waals surface area (Å²) in [6.45, 7) is 6.90. The SMILES string of the molecule is CCC(C)CC1C=CC(c2ccc(C#N)cc2)=CC1C. The number of hydrogen-bond acceptors (Lipinski definition) is 1. The molecule has 2 rings (SSSR count). The Balaban J connectivity index is 2.11. The number of nitriles is 1. The van der Waals surface area contributed by atoms with Gasteiger partial charge in [0.05, 0.1) is 11.6 Å².